The molecule has 1 N–H and O–H groups in total. The van der Waals surface area contributed by atoms with Crippen molar-refractivity contribution in [1.82, 2.24) is 4.90 Å². The molecule has 1 atom stereocenters. The van der Waals surface area contributed by atoms with Crippen LogP contribution >= 0.6 is 0 Å². The quantitative estimate of drug-likeness (QED) is 0.813. The minimum Gasteiger partial charge on any atom is -0.388 e. The van der Waals surface area contributed by atoms with Gasteiger partial charge in [-0.1, -0.05) is 0 Å². The van der Waals surface area contributed by atoms with Crippen LogP contribution in [0.3, 0.4) is 0 Å². The summed E-state index contributed by atoms with van der Waals surface area (Å²) in [4.78, 5) is 14.5. The van der Waals surface area contributed by atoms with Gasteiger partial charge in [-0.3, -0.25) is 4.79 Å². The molecule has 1 unspecified atom stereocenters. The van der Waals surface area contributed by atoms with Gasteiger partial charge in [0.25, 0.3) is 0 Å². The zero-order valence-corrected chi connectivity index (χ0v) is 10.7. The Bertz CT molecular complexity index is 306. The number of aliphatic hydroxyl groups is 1. The number of likely N-dealkylation sites (tertiary alicyclic amines) is 1. The Hall–Kier alpha value is -0.570. The van der Waals surface area contributed by atoms with Crippen LogP contribution in [0.1, 0.15) is 45.4 Å². The smallest absolute Gasteiger partial charge is 0.226 e. The average Bonchev–Trinajstić information content (AvgIpc) is 3.11. The summed E-state index contributed by atoms with van der Waals surface area (Å²) in [6.07, 6.45) is 6.76. The van der Waals surface area contributed by atoms with Crippen molar-refractivity contribution >= 4 is 5.91 Å². The van der Waals surface area contributed by atoms with E-state index in [-0.39, 0.29) is 0 Å². The van der Waals surface area contributed by atoms with Crippen LogP contribution in [0.25, 0.3) is 0 Å². The van der Waals surface area contributed by atoms with Crippen LogP contribution in [0.5, 0.6) is 0 Å². The predicted molar refractivity (Wildman–Crippen MR) is 65.4 cm³/mol. The van der Waals surface area contributed by atoms with Gasteiger partial charge in [-0.15, -0.1) is 0 Å². The van der Waals surface area contributed by atoms with Crippen LogP contribution in [0, 0.1) is 17.8 Å². The van der Waals surface area contributed by atoms with Gasteiger partial charge in [0, 0.05) is 19.0 Å². The van der Waals surface area contributed by atoms with Gasteiger partial charge in [-0.05, 0) is 57.3 Å². The molecule has 0 aromatic heterocycles. The minimum absolute atomic E-state index is 0.295. The molecule has 0 bridgehead atoms. The van der Waals surface area contributed by atoms with Crippen LogP contribution in [0.4, 0.5) is 0 Å². The number of hydrogen-bond acceptors (Lipinski definition) is 2. The van der Waals surface area contributed by atoms with E-state index in [1.54, 1.807) is 0 Å². The normalized spacial score (nSPS) is 34.2. The highest BCUT2D eigenvalue weighted by molar-refractivity contribution is 5.80. The maximum Gasteiger partial charge on any atom is 0.226 e. The number of rotatable bonds is 3. The van der Waals surface area contributed by atoms with Crippen LogP contribution in [0.15, 0.2) is 0 Å². The minimum atomic E-state index is -0.661. The molecule has 1 saturated heterocycles. The lowest BCUT2D eigenvalue weighted by atomic mass is 9.91. The number of carbonyl (C=O) groups is 1. The molecule has 2 aliphatic carbocycles. The van der Waals surface area contributed by atoms with E-state index in [0.717, 1.165) is 19.4 Å². The fraction of sp³-hybridized carbons (Fsp3) is 0.929. The van der Waals surface area contributed by atoms with Gasteiger partial charge in [0.05, 0.1) is 5.60 Å². The molecule has 17 heavy (non-hydrogen) atoms. The number of hydrogen-bond donors (Lipinski definition) is 1. The SMILES string of the molecule is CC1(O)CCCN(C(=O)C(C2CC2)C2CC2)C1. The van der Waals surface area contributed by atoms with E-state index in [4.69, 9.17) is 0 Å². The molecule has 2 saturated carbocycles. The monoisotopic (exact) mass is 237 g/mol. The first-order valence-corrected chi connectivity index (χ1v) is 7.08. The van der Waals surface area contributed by atoms with E-state index in [2.05, 4.69) is 0 Å². The Labute approximate surface area is 103 Å². The maximum atomic E-state index is 12.6. The molecule has 3 fully saturated rings. The Morgan fingerprint density at radius 1 is 1.29 bits per heavy atom. The highest BCUT2D eigenvalue weighted by atomic mass is 16.3. The molecule has 0 radical (unpaired) electrons. The third kappa shape index (κ3) is 2.49. The third-order valence-electron chi connectivity index (χ3n) is 4.53. The fourth-order valence-corrected chi connectivity index (χ4v) is 3.32. The van der Waals surface area contributed by atoms with Crippen LogP contribution in [-0.4, -0.2) is 34.6 Å². The first kappa shape index (κ1) is 11.5. The second-order valence-electron chi connectivity index (χ2n) is 6.56. The lowest BCUT2D eigenvalue weighted by Gasteiger charge is -2.38. The topological polar surface area (TPSA) is 40.5 Å². The van der Waals surface area contributed by atoms with Gasteiger partial charge >= 0.3 is 0 Å². The summed E-state index contributed by atoms with van der Waals surface area (Å²) in [6, 6.07) is 0. The Balaban J connectivity index is 1.67. The molecule has 3 aliphatic rings. The molecular formula is C14H23NO2. The summed E-state index contributed by atoms with van der Waals surface area (Å²) in [5, 5.41) is 10.1. The number of β-amino-alcohol motifs (C(OH)–C–C–N with tert-alkyl or cyclic N) is 1. The number of carbonyl (C=O) groups excluding carboxylic acids is 1. The zero-order chi connectivity index (χ0) is 12.0. The molecule has 3 nitrogen and oxygen atoms in total. The fourth-order valence-electron chi connectivity index (χ4n) is 3.32. The summed E-state index contributed by atoms with van der Waals surface area (Å²) in [5.74, 6) is 1.97. The zero-order valence-electron chi connectivity index (χ0n) is 10.7. The van der Waals surface area contributed by atoms with E-state index in [0.29, 0.717) is 30.2 Å². The Kier molecular flexibility index (Phi) is 2.69. The van der Waals surface area contributed by atoms with Crippen LogP contribution in [0.2, 0.25) is 0 Å². The predicted octanol–water partition coefficient (Wildman–Crippen LogP) is 1.80. The Morgan fingerprint density at radius 3 is 2.35 bits per heavy atom. The van der Waals surface area contributed by atoms with Crippen molar-refractivity contribution in [1.29, 1.82) is 0 Å². The summed E-state index contributed by atoms with van der Waals surface area (Å²) in [7, 11) is 0. The summed E-state index contributed by atoms with van der Waals surface area (Å²) >= 11 is 0. The molecule has 0 aromatic carbocycles. The van der Waals surface area contributed by atoms with E-state index >= 15 is 0 Å². The highest BCUT2D eigenvalue weighted by Crippen LogP contribution is 2.50. The van der Waals surface area contributed by atoms with Gasteiger partial charge in [0.15, 0.2) is 0 Å². The number of piperidine rings is 1. The average molecular weight is 237 g/mol. The van der Waals surface area contributed by atoms with E-state index in [1.807, 2.05) is 11.8 Å². The van der Waals surface area contributed by atoms with Crippen LogP contribution in [-0.2, 0) is 4.79 Å². The first-order valence-electron chi connectivity index (χ1n) is 7.08. The Morgan fingerprint density at radius 2 is 1.88 bits per heavy atom. The second-order valence-corrected chi connectivity index (χ2v) is 6.56. The number of amides is 1. The molecule has 0 spiro atoms. The van der Waals surface area contributed by atoms with Crippen molar-refractivity contribution < 1.29 is 9.90 Å². The lowest BCUT2D eigenvalue weighted by molar-refractivity contribution is -0.143. The van der Waals surface area contributed by atoms with Crippen molar-refractivity contribution in [3.05, 3.63) is 0 Å². The summed E-state index contributed by atoms with van der Waals surface area (Å²) in [6.45, 7) is 3.25. The summed E-state index contributed by atoms with van der Waals surface area (Å²) in [5.41, 5.74) is -0.661. The van der Waals surface area contributed by atoms with E-state index in [1.165, 1.54) is 25.7 Å². The van der Waals surface area contributed by atoms with Gasteiger partial charge in [-0.2, -0.15) is 0 Å². The largest absolute Gasteiger partial charge is 0.388 e. The molecule has 1 amide bonds. The first-order chi connectivity index (χ1) is 8.07. The van der Waals surface area contributed by atoms with Crippen molar-refractivity contribution in [2.24, 2.45) is 17.8 Å². The molecule has 3 rings (SSSR count). The highest BCUT2D eigenvalue weighted by Gasteiger charge is 2.47. The van der Waals surface area contributed by atoms with Gasteiger partial charge in [0.2, 0.25) is 5.91 Å². The maximum absolute atomic E-state index is 12.6. The van der Waals surface area contributed by atoms with Gasteiger partial charge in [-0.25, -0.2) is 0 Å². The van der Waals surface area contributed by atoms with Crippen LogP contribution < -0.4 is 0 Å². The third-order valence-corrected chi connectivity index (χ3v) is 4.53. The molecule has 1 aliphatic heterocycles. The molecule has 96 valence electrons. The van der Waals surface area contributed by atoms with Crippen molar-refractivity contribution in [2.45, 2.75) is 51.0 Å². The van der Waals surface area contributed by atoms with Crippen molar-refractivity contribution in [3.63, 3.8) is 0 Å². The van der Waals surface area contributed by atoms with Crippen molar-refractivity contribution in [2.75, 3.05) is 13.1 Å². The molecular weight excluding hydrogens is 214 g/mol. The lowest BCUT2D eigenvalue weighted by Crippen LogP contribution is -2.50. The molecule has 3 heteroatoms. The number of nitrogens with zero attached hydrogens (tertiary/aromatic N) is 1. The van der Waals surface area contributed by atoms with Gasteiger partial charge in [0.1, 0.15) is 0 Å². The summed E-state index contributed by atoms with van der Waals surface area (Å²) < 4.78 is 0. The van der Waals surface area contributed by atoms with E-state index < -0.39 is 5.60 Å². The molecule has 1 heterocycles. The van der Waals surface area contributed by atoms with E-state index in [9.17, 15) is 9.90 Å². The molecule has 0 aromatic rings. The van der Waals surface area contributed by atoms with Gasteiger partial charge < -0.3 is 10.0 Å². The standard InChI is InChI=1S/C14H23NO2/c1-14(17)7-2-8-15(9-14)13(16)12(10-3-4-10)11-5-6-11/h10-12,17H,2-9H2,1H3. The van der Waals surface area contributed by atoms with Crippen molar-refractivity contribution in [3.8, 4) is 0 Å². The second kappa shape index (κ2) is 3.98.